The lowest BCUT2D eigenvalue weighted by molar-refractivity contribution is -0.140. The highest BCUT2D eigenvalue weighted by Crippen LogP contribution is 2.27. The Labute approximate surface area is 110 Å². The van der Waals surface area contributed by atoms with Gasteiger partial charge in [-0.05, 0) is 18.2 Å². The number of carbonyl (C=O) groups is 2. The normalized spacial score (nSPS) is 22.7. The van der Waals surface area contributed by atoms with E-state index < -0.39 is 5.82 Å². The quantitative estimate of drug-likeness (QED) is 0.762. The van der Waals surface area contributed by atoms with Crippen LogP contribution < -0.4 is 0 Å². The number of nitrogens with zero attached hydrogens (tertiary/aromatic N) is 2. The fraction of sp³-hybridized carbons (Fsp3) is 0.357. The fourth-order valence-electron chi connectivity index (χ4n) is 2.12. The van der Waals surface area contributed by atoms with Crippen LogP contribution in [0.15, 0.2) is 18.2 Å². The Morgan fingerprint density at radius 3 is 2.37 bits per heavy atom. The highest BCUT2D eigenvalue weighted by atomic mass is 19.1. The van der Waals surface area contributed by atoms with Gasteiger partial charge in [0.2, 0.25) is 11.8 Å². The molecule has 98 valence electrons. The molecule has 0 radical (unpaired) electrons. The van der Waals surface area contributed by atoms with Crippen molar-refractivity contribution in [2.75, 3.05) is 0 Å². The minimum atomic E-state index is -0.521. The molecule has 0 bridgehead atoms. The van der Waals surface area contributed by atoms with E-state index in [-0.39, 0.29) is 35.8 Å². The van der Waals surface area contributed by atoms with Crippen molar-refractivity contribution in [2.45, 2.75) is 20.4 Å². The fourth-order valence-corrected chi connectivity index (χ4v) is 2.12. The molecule has 1 aromatic rings. The maximum absolute atomic E-state index is 13.6. The molecule has 1 aliphatic rings. The number of halogens is 1. The van der Waals surface area contributed by atoms with Crippen LogP contribution in [0.4, 0.5) is 4.39 Å². The molecular formula is C14H13FN2O2. The average molecular weight is 260 g/mol. The van der Waals surface area contributed by atoms with Gasteiger partial charge in [-0.15, -0.1) is 0 Å². The summed E-state index contributed by atoms with van der Waals surface area (Å²) < 4.78 is 13.6. The maximum atomic E-state index is 13.6. The van der Waals surface area contributed by atoms with Crippen molar-refractivity contribution in [2.24, 2.45) is 11.8 Å². The Hall–Kier alpha value is -2.22. The van der Waals surface area contributed by atoms with E-state index in [0.29, 0.717) is 5.56 Å². The Bertz CT molecular complexity index is 572. The summed E-state index contributed by atoms with van der Waals surface area (Å²) in [4.78, 5) is 24.9. The predicted octanol–water partition coefficient (Wildman–Crippen LogP) is 1.84. The molecule has 4 nitrogen and oxygen atoms in total. The van der Waals surface area contributed by atoms with E-state index in [2.05, 4.69) is 0 Å². The third kappa shape index (κ3) is 2.22. The van der Waals surface area contributed by atoms with Crippen molar-refractivity contribution in [1.82, 2.24) is 4.90 Å². The standard InChI is InChI=1S/C14H13FN2O2/c1-8-9(2)14(19)17(13(8)18)7-11-5-10(6-16)3-4-12(11)15/h3-5,8-9H,7H2,1-2H3. The zero-order valence-electron chi connectivity index (χ0n) is 10.7. The molecule has 1 fully saturated rings. The summed E-state index contributed by atoms with van der Waals surface area (Å²) in [5.41, 5.74) is 0.485. The molecule has 0 N–H and O–H groups in total. The highest BCUT2D eigenvalue weighted by Gasteiger charge is 2.42. The van der Waals surface area contributed by atoms with E-state index in [4.69, 9.17) is 5.26 Å². The predicted molar refractivity (Wildman–Crippen MR) is 65.0 cm³/mol. The molecule has 2 amide bonds. The number of likely N-dealkylation sites (tertiary alicyclic amines) is 1. The maximum Gasteiger partial charge on any atom is 0.233 e. The van der Waals surface area contributed by atoms with Gasteiger partial charge >= 0.3 is 0 Å². The second kappa shape index (κ2) is 4.81. The van der Waals surface area contributed by atoms with E-state index >= 15 is 0 Å². The minimum absolute atomic E-state index is 0.117. The summed E-state index contributed by atoms with van der Waals surface area (Å²) in [7, 11) is 0. The summed E-state index contributed by atoms with van der Waals surface area (Å²) in [6.07, 6.45) is 0. The number of rotatable bonds is 2. The lowest BCUT2D eigenvalue weighted by atomic mass is 10.00. The Morgan fingerprint density at radius 2 is 1.84 bits per heavy atom. The van der Waals surface area contributed by atoms with Crippen LogP contribution in [0.5, 0.6) is 0 Å². The molecule has 1 aromatic carbocycles. The lowest BCUT2D eigenvalue weighted by Gasteiger charge is -2.15. The number of nitriles is 1. The van der Waals surface area contributed by atoms with Crippen molar-refractivity contribution in [3.8, 4) is 6.07 Å². The highest BCUT2D eigenvalue weighted by molar-refractivity contribution is 6.04. The summed E-state index contributed by atoms with van der Waals surface area (Å²) in [6, 6.07) is 5.80. The first kappa shape index (κ1) is 13.2. The van der Waals surface area contributed by atoms with Gasteiger partial charge in [0.1, 0.15) is 5.82 Å². The third-order valence-electron chi connectivity index (χ3n) is 3.56. The molecule has 2 unspecified atom stereocenters. The molecular weight excluding hydrogens is 247 g/mol. The molecule has 19 heavy (non-hydrogen) atoms. The van der Waals surface area contributed by atoms with Gasteiger partial charge in [-0.2, -0.15) is 5.26 Å². The van der Waals surface area contributed by atoms with Crippen molar-refractivity contribution in [3.05, 3.63) is 35.1 Å². The van der Waals surface area contributed by atoms with Crippen LogP contribution in [0.3, 0.4) is 0 Å². The first-order chi connectivity index (χ1) is 8.95. The third-order valence-corrected chi connectivity index (χ3v) is 3.56. The number of hydrogen-bond acceptors (Lipinski definition) is 3. The first-order valence-electron chi connectivity index (χ1n) is 5.99. The van der Waals surface area contributed by atoms with Crippen molar-refractivity contribution >= 4 is 11.8 Å². The Balaban J connectivity index is 2.30. The molecule has 0 saturated carbocycles. The van der Waals surface area contributed by atoms with Gasteiger partial charge in [0, 0.05) is 17.4 Å². The van der Waals surface area contributed by atoms with E-state index in [0.717, 1.165) is 4.90 Å². The van der Waals surface area contributed by atoms with Crippen LogP contribution in [-0.4, -0.2) is 16.7 Å². The topological polar surface area (TPSA) is 61.2 Å². The lowest BCUT2D eigenvalue weighted by Crippen LogP contribution is -2.30. The summed E-state index contributed by atoms with van der Waals surface area (Å²) in [5, 5.41) is 8.78. The second-order valence-electron chi connectivity index (χ2n) is 4.76. The van der Waals surface area contributed by atoms with Crippen LogP contribution in [0, 0.1) is 29.0 Å². The average Bonchev–Trinajstić information content (AvgIpc) is 2.59. The molecule has 2 rings (SSSR count). The number of imide groups is 1. The molecule has 0 spiro atoms. The number of benzene rings is 1. The van der Waals surface area contributed by atoms with E-state index in [1.807, 2.05) is 6.07 Å². The van der Waals surface area contributed by atoms with E-state index in [9.17, 15) is 14.0 Å². The smallest absolute Gasteiger partial charge is 0.233 e. The van der Waals surface area contributed by atoms with Gasteiger partial charge in [-0.1, -0.05) is 13.8 Å². The monoisotopic (exact) mass is 260 g/mol. The molecule has 0 aromatic heterocycles. The SMILES string of the molecule is CC1C(=O)N(Cc2cc(C#N)ccc2F)C(=O)C1C. The molecule has 1 heterocycles. The summed E-state index contributed by atoms with van der Waals surface area (Å²) in [5.74, 6) is -1.87. The van der Waals surface area contributed by atoms with E-state index in [1.54, 1.807) is 13.8 Å². The van der Waals surface area contributed by atoms with Crippen LogP contribution in [0.25, 0.3) is 0 Å². The molecule has 1 saturated heterocycles. The van der Waals surface area contributed by atoms with Crippen molar-refractivity contribution in [1.29, 1.82) is 5.26 Å². The zero-order valence-corrected chi connectivity index (χ0v) is 10.7. The van der Waals surface area contributed by atoms with E-state index in [1.165, 1.54) is 18.2 Å². The van der Waals surface area contributed by atoms with Crippen LogP contribution in [0.2, 0.25) is 0 Å². The van der Waals surface area contributed by atoms with Gasteiger partial charge in [-0.25, -0.2) is 4.39 Å². The Kier molecular flexibility index (Phi) is 3.34. The molecule has 0 aliphatic carbocycles. The molecule has 2 atom stereocenters. The van der Waals surface area contributed by atoms with Gasteiger partial charge in [0.25, 0.3) is 0 Å². The molecule has 5 heteroatoms. The van der Waals surface area contributed by atoms with Crippen LogP contribution in [-0.2, 0) is 16.1 Å². The van der Waals surface area contributed by atoms with Crippen molar-refractivity contribution in [3.63, 3.8) is 0 Å². The van der Waals surface area contributed by atoms with Crippen LogP contribution in [0.1, 0.15) is 25.0 Å². The second-order valence-corrected chi connectivity index (χ2v) is 4.76. The number of carbonyl (C=O) groups excluding carboxylic acids is 2. The van der Waals surface area contributed by atoms with Crippen LogP contribution >= 0.6 is 0 Å². The number of amides is 2. The molecule has 1 aliphatic heterocycles. The summed E-state index contributed by atoms with van der Waals surface area (Å²) >= 11 is 0. The van der Waals surface area contributed by atoms with Gasteiger partial charge in [0.15, 0.2) is 0 Å². The first-order valence-corrected chi connectivity index (χ1v) is 5.99. The summed E-state index contributed by atoms with van der Waals surface area (Å²) in [6.45, 7) is 3.26. The van der Waals surface area contributed by atoms with Crippen molar-refractivity contribution < 1.29 is 14.0 Å². The van der Waals surface area contributed by atoms with Gasteiger partial charge in [-0.3, -0.25) is 14.5 Å². The van der Waals surface area contributed by atoms with Gasteiger partial charge in [0.05, 0.1) is 18.2 Å². The minimum Gasteiger partial charge on any atom is -0.278 e. The zero-order chi connectivity index (χ0) is 14.2. The Morgan fingerprint density at radius 1 is 1.26 bits per heavy atom. The largest absolute Gasteiger partial charge is 0.278 e. The van der Waals surface area contributed by atoms with Gasteiger partial charge < -0.3 is 0 Å². The number of hydrogen-bond donors (Lipinski definition) is 0.